The van der Waals surface area contributed by atoms with E-state index in [1.165, 1.54) is 0 Å². The van der Waals surface area contributed by atoms with Crippen molar-refractivity contribution in [2.75, 3.05) is 0 Å². The van der Waals surface area contributed by atoms with E-state index in [0.29, 0.717) is 17.4 Å². The van der Waals surface area contributed by atoms with Gasteiger partial charge >= 0.3 is 5.97 Å². The zero-order chi connectivity index (χ0) is 13.6. The summed E-state index contributed by atoms with van der Waals surface area (Å²) in [6.07, 6.45) is 1.53. The van der Waals surface area contributed by atoms with E-state index in [1.807, 2.05) is 0 Å². The van der Waals surface area contributed by atoms with E-state index < -0.39 is 12.2 Å². The van der Waals surface area contributed by atoms with E-state index in [1.54, 1.807) is 6.92 Å². The number of hydrogen-bond acceptors (Lipinski definition) is 3. The van der Waals surface area contributed by atoms with Gasteiger partial charge in [-0.1, -0.05) is 47.1 Å². The summed E-state index contributed by atoms with van der Waals surface area (Å²) in [6, 6.07) is 0. The van der Waals surface area contributed by atoms with Crippen LogP contribution in [0.25, 0.3) is 0 Å². The molecule has 17 heavy (non-hydrogen) atoms. The van der Waals surface area contributed by atoms with E-state index in [0.717, 1.165) is 12.8 Å². The molecular weight excluding hydrogens is 214 g/mol. The van der Waals surface area contributed by atoms with Crippen LogP contribution in [0.2, 0.25) is 0 Å². The third-order valence-electron chi connectivity index (χ3n) is 3.57. The Bertz CT molecular complexity index is 253. The lowest BCUT2D eigenvalue weighted by atomic mass is 9.79. The molecule has 0 aromatic heterocycles. The molecule has 0 aliphatic heterocycles. The van der Waals surface area contributed by atoms with Crippen LogP contribution in [0.3, 0.4) is 0 Å². The molecule has 0 rings (SSSR count). The first kappa shape index (κ1) is 16.2. The molecule has 0 radical (unpaired) electrons. The van der Waals surface area contributed by atoms with Gasteiger partial charge in [0.15, 0.2) is 6.23 Å². The standard InChI is InChI=1S/C14H27NO2/c1-7-10(5)12(11(6)8-2)13(15)17-14(16)9(3)4/h10-13H,3,7-8,15H2,1-2,4-6H3. The van der Waals surface area contributed by atoms with Crippen LogP contribution >= 0.6 is 0 Å². The number of esters is 1. The molecule has 0 amide bonds. The zero-order valence-corrected chi connectivity index (χ0v) is 11.8. The monoisotopic (exact) mass is 241 g/mol. The van der Waals surface area contributed by atoms with Gasteiger partial charge in [-0.05, 0) is 18.8 Å². The predicted molar refractivity (Wildman–Crippen MR) is 71.3 cm³/mol. The fourth-order valence-electron chi connectivity index (χ4n) is 2.06. The molecule has 3 nitrogen and oxygen atoms in total. The lowest BCUT2D eigenvalue weighted by Crippen LogP contribution is -2.41. The average Bonchev–Trinajstić information content (AvgIpc) is 2.28. The SMILES string of the molecule is C=C(C)C(=O)OC(N)C(C(C)CC)C(C)CC. The van der Waals surface area contributed by atoms with Crippen LogP contribution in [0, 0.1) is 17.8 Å². The highest BCUT2D eigenvalue weighted by atomic mass is 16.6. The van der Waals surface area contributed by atoms with Crippen molar-refractivity contribution in [3.05, 3.63) is 12.2 Å². The lowest BCUT2D eigenvalue weighted by molar-refractivity contribution is -0.149. The second-order valence-electron chi connectivity index (χ2n) is 5.00. The molecule has 0 bridgehead atoms. The fraction of sp³-hybridized carbons (Fsp3) is 0.786. The molecule has 0 aromatic carbocycles. The Balaban J connectivity index is 4.69. The Labute approximate surface area is 105 Å². The molecule has 0 saturated carbocycles. The van der Waals surface area contributed by atoms with Crippen molar-refractivity contribution in [1.29, 1.82) is 0 Å². The Kier molecular flexibility index (Phi) is 7.12. The normalized spacial score (nSPS) is 18.0. The topological polar surface area (TPSA) is 52.3 Å². The van der Waals surface area contributed by atoms with Crippen LogP contribution < -0.4 is 5.73 Å². The van der Waals surface area contributed by atoms with Crippen molar-refractivity contribution in [1.82, 2.24) is 0 Å². The van der Waals surface area contributed by atoms with Gasteiger partial charge in [0.2, 0.25) is 0 Å². The summed E-state index contributed by atoms with van der Waals surface area (Å²) < 4.78 is 5.26. The number of carbonyl (C=O) groups excluding carboxylic acids is 1. The molecule has 2 N–H and O–H groups in total. The summed E-state index contributed by atoms with van der Waals surface area (Å²) in [6.45, 7) is 13.8. The third-order valence-corrected chi connectivity index (χ3v) is 3.57. The first-order chi connectivity index (χ1) is 7.84. The second-order valence-corrected chi connectivity index (χ2v) is 5.00. The maximum Gasteiger partial charge on any atom is 0.334 e. The van der Waals surface area contributed by atoms with Crippen LogP contribution in [0.1, 0.15) is 47.5 Å². The first-order valence-corrected chi connectivity index (χ1v) is 6.47. The minimum absolute atomic E-state index is 0.202. The highest BCUT2D eigenvalue weighted by Gasteiger charge is 2.30. The van der Waals surface area contributed by atoms with Crippen LogP contribution in [0.15, 0.2) is 12.2 Å². The number of carbonyl (C=O) groups is 1. The Morgan fingerprint density at radius 2 is 1.65 bits per heavy atom. The fourth-order valence-corrected chi connectivity index (χ4v) is 2.06. The van der Waals surface area contributed by atoms with Crippen LogP contribution in [-0.4, -0.2) is 12.2 Å². The smallest absolute Gasteiger partial charge is 0.334 e. The minimum Gasteiger partial charge on any atom is -0.443 e. The molecule has 0 spiro atoms. The van der Waals surface area contributed by atoms with Gasteiger partial charge in [-0.3, -0.25) is 5.73 Å². The Morgan fingerprint density at radius 3 is 1.94 bits per heavy atom. The maximum atomic E-state index is 11.5. The first-order valence-electron chi connectivity index (χ1n) is 6.47. The highest BCUT2D eigenvalue weighted by Crippen LogP contribution is 2.29. The minimum atomic E-state index is -0.538. The molecule has 0 aliphatic rings. The highest BCUT2D eigenvalue weighted by molar-refractivity contribution is 5.87. The van der Waals surface area contributed by atoms with E-state index in [4.69, 9.17) is 10.5 Å². The average molecular weight is 241 g/mol. The van der Waals surface area contributed by atoms with Gasteiger partial charge in [-0.15, -0.1) is 0 Å². The molecule has 3 unspecified atom stereocenters. The van der Waals surface area contributed by atoms with Gasteiger partial charge in [0, 0.05) is 11.5 Å². The summed E-state index contributed by atoms with van der Waals surface area (Å²) in [4.78, 5) is 11.5. The van der Waals surface area contributed by atoms with E-state index in [2.05, 4.69) is 34.3 Å². The maximum absolute atomic E-state index is 11.5. The number of hydrogen-bond donors (Lipinski definition) is 1. The van der Waals surface area contributed by atoms with E-state index >= 15 is 0 Å². The van der Waals surface area contributed by atoms with Crippen molar-refractivity contribution in [2.45, 2.75) is 53.7 Å². The zero-order valence-electron chi connectivity index (χ0n) is 11.8. The molecular formula is C14H27NO2. The predicted octanol–water partition coefficient (Wildman–Crippen LogP) is 3.10. The van der Waals surface area contributed by atoms with Crippen molar-refractivity contribution in [3.8, 4) is 0 Å². The lowest BCUT2D eigenvalue weighted by Gasteiger charge is -2.33. The third kappa shape index (κ3) is 4.90. The van der Waals surface area contributed by atoms with Crippen LogP contribution in [-0.2, 0) is 9.53 Å². The van der Waals surface area contributed by atoms with Gasteiger partial charge in [-0.2, -0.15) is 0 Å². The molecule has 3 heteroatoms. The quantitative estimate of drug-likeness (QED) is 0.423. The van der Waals surface area contributed by atoms with Crippen molar-refractivity contribution >= 4 is 5.97 Å². The van der Waals surface area contributed by atoms with Crippen LogP contribution in [0.4, 0.5) is 0 Å². The molecule has 0 aromatic rings. The molecule has 3 atom stereocenters. The molecule has 0 heterocycles. The number of ether oxygens (including phenoxy) is 1. The summed E-state index contributed by atoms with van der Waals surface area (Å²) in [5, 5.41) is 0. The van der Waals surface area contributed by atoms with E-state index in [9.17, 15) is 4.79 Å². The Morgan fingerprint density at radius 1 is 1.24 bits per heavy atom. The van der Waals surface area contributed by atoms with Gasteiger partial charge in [0.25, 0.3) is 0 Å². The van der Waals surface area contributed by atoms with Crippen molar-refractivity contribution in [2.24, 2.45) is 23.5 Å². The summed E-state index contributed by atoms with van der Waals surface area (Å²) in [5.41, 5.74) is 6.42. The summed E-state index contributed by atoms with van der Waals surface area (Å²) in [7, 11) is 0. The summed E-state index contributed by atoms with van der Waals surface area (Å²) in [5.74, 6) is 0.693. The second kappa shape index (κ2) is 7.49. The molecule has 0 fully saturated rings. The van der Waals surface area contributed by atoms with Crippen molar-refractivity contribution < 1.29 is 9.53 Å². The van der Waals surface area contributed by atoms with Gasteiger partial charge in [-0.25, -0.2) is 4.79 Å². The van der Waals surface area contributed by atoms with E-state index in [-0.39, 0.29) is 5.92 Å². The molecule has 100 valence electrons. The largest absolute Gasteiger partial charge is 0.443 e. The molecule has 0 aliphatic carbocycles. The Hall–Kier alpha value is -0.830. The number of nitrogens with two attached hydrogens (primary N) is 1. The van der Waals surface area contributed by atoms with Gasteiger partial charge in [0.05, 0.1) is 0 Å². The van der Waals surface area contributed by atoms with Gasteiger partial charge < -0.3 is 4.74 Å². The molecule has 0 saturated heterocycles. The van der Waals surface area contributed by atoms with Gasteiger partial charge in [0.1, 0.15) is 0 Å². The van der Waals surface area contributed by atoms with Crippen molar-refractivity contribution in [3.63, 3.8) is 0 Å². The summed E-state index contributed by atoms with van der Waals surface area (Å²) >= 11 is 0. The van der Waals surface area contributed by atoms with Crippen LogP contribution in [0.5, 0.6) is 0 Å². The number of rotatable bonds is 7.